The molecule has 1 saturated heterocycles. The van der Waals surface area contributed by atoms with Gasteiger partial charge in [0, 0.05) is 31.5 Å². The lowest BCUT2D eigenvalue weighted by atomic mass is 9.83. The Morgan fingerprint density at radius 2 is 2.06 bits per heavy atom. The molecule has 0 aliphatic carbocycles. The van der Waals surface area contributed by atoms with Crippen molar-refractivity contribution in [3.05, 3.63) is 29.6 Å². The molecule has 2 aromatic rings. The number of carboxylic acids is 1. The molecule has 1 spiro atoms. The van der Waals surface area contributed by atoms with E-state index in [-0.39, 0.29) is 5.60 Å². The second kappa shape index (κ2) is 10.0. The molecule has 3 heterocycles. The van der Waals surface area contributed by atoms with Crippen molar-refractivity contribution in [2.45, 2.75) is 70.8 Å². The van der Waals surface area contributed by atoms with E-state index in [1.165, 1.54) is 16.6 Å². The maximum atomic E-state index is 11.7. The Labute approximate surface area is 209 Å². The van der Waals surface area contributed by atoms with Gasteiger partial charge >= 0.3 is 5.97 Å². The molecule has 0 amide bonds. The summed E-state index contributed by atoms with van der Waals surface area (Å²) in [5.41, 5.74) is 0.407. The molecule has 0 saturated carbocycles. The number of piperidine rings is 1. The fourth-order valence-electron chi connectivity index (χ4n) is 4.75. The number of likely N-dealkylation sites (tertiary alicyclic amines) is 1. The van der Waals surface area contributed by atoms with Crippen LogP contribution in [-0.4, -0.2) is 66.6 Å². The maximum absolute atomic E-state index is 11.7. The van der Waals surface area contributed by atoms with Gasteiger partial charge in [0.25, 0.3) is 0 Å². The van der Waals surface area contributed by atoms with Gasteiger partial charge in [0.1, 0.15) is 17.1 Å². The Morgan fingerprint density at radius 3 is 2.71 bits per heavy atom. The van der Waals surface area contributed by atoms with Crippen LogP contribution in [-0.2, 0) is 17.0 Å². The molecule has 2 N–H and O–H groups in total. The smallest absolute Gasteiger partial charge is 0.331 e. The van der Waals surface area contributed by atoms with Crippen molar-refractivity contribution in [2.24, 2.45) is 5.41 Å². The molecule has 0 radical (unpaired) electrons. The second-order valence-corrected chi connectivity index (χ2v) is 11.1. The fourth-order valence-corrected chi connectivity index (χ4v) is 5.49. The molecule has 0 bridgehead atoms. The van der Waals surface area contributed by atoms with Crippen LogP contribution in [0.2, 0.25) is 0 Å². The third-order valence-electron chi connectivity index (χ3n) is 6.60. The number of rotatable bonds is 6. The van der Waals surface area contributed by atoms with Crippen molar-refractivity contribution < 1.29 is 19.4 Å². The van der Waals surface area contributed by atoms with Crippen molar-refractivity contribution in [3.8, 4) is 11.5 Å². The summed E-state index contributed by atoms with van der Waals surface area (Å²) in [6, 6.07) is 5.10. The molecule has 35 heavy (non-hydrogen) atoms. The number of tetrazole rings is 1. The number of carboxylic acid groups (broad SMARTS) is 1. The van der Waals surface area contributed by atoms with E-state index in [2.05, 4.69) is 20.3 Å². The first kappa shape index (κ1) is 25.3. The van der Waals surface area contributed by atoms with E-state index in [9.17, 15) is 9.90 Å². The van der Waals surface area contributed by atoms with Crippen LogP contribution in [0.5, 0.6) is 11.5 Å². The fraction of sp³-hybridized carbons (Fsp3) is 0.625. The predicted octanol–water partition coefficient (Wildman–Crippen LogP) is 3.77. The van der Waals surface area contributed by atoms with E-state index in [0.717, 1.165) is 55.8 Å². The summed E-state index contributed by atoms with van der Waals surface area (Å²) in [5, 5.41) is 30.8. The molecule has 1 unspecified atom stereocenters. The van der Waals surface area contributed by atoms with Crippen LogP contribution in [0, 0.1) is 10.8 Å². The summed E-state index contributed by atoms with van der Waals surface area (Å²) >= 11 is 1.33. The van der Waals surface area contributed by atoms with Crippen LogP contribution in [0.4, 0.5) is 0 Å². The quantitative estimate of drug-likeness (QED) is 0.448. The van der Waals surface area contributed by atoms with Crippen LogP contribution >= 0.6 is 11.8 Å². The van der Waals surface area contributed by atoms with Crippen LogP contribution in [0.15, 0.2) is 18.2 Å². The van der Waals surface area contributed by atoms with Crippen molar-refractivity contribution >= 4 is 22.9 Å². The zero-order valence-corrected chi connectivity index (χ0v) is 21.6. The lowest BCUT2D eigenvalue weighted by Gasteiger charge is -2.45. The zero-order chi connectivity index (χ0) is 25.2. The second-order valence-electron chi connectivity index (χ2n) is 10.2. The van der Waals surface area contributed by atoms with Crippen molar-refractivity contribution in [1.82, 2.24) is 25.1 Å². The van der Waals surface area contributed by atoms with E-state index in [4.69, 9.17) is 14.9 Å². The molecule has 1 atom stereocenters. The number of amidine groups is 1. The van der Waals surface area contributed by atoms with Gasteiger partial charge in [-0.2, -0.15) is 0 Å². The Kier molecular flexibility index (Phi) is 7.25. The summed E-state index contributed by atoms with van der Waals surface area (Å²) in [6.07, 6.45) is 3.60. The van der Waals surface area contributed by atoms with Crippen molar-refractivity contribution in [2.75, 3.05) is 19.7 Å². The number of fused-ring (bicyclic) bond motifs is 1. The van der Waals surface area contributed by atoms with E-state index >= 15 is 0 Å². The van der Waals surface area contributed by atoms with Crippen molar-refractivity contribution in [3.63, 3.8) is 0 Å². The van der Waals surface area contributed by atoms with E-state index in [0.29, 0.717) is 23.4 Å². The molecule has 1 aromatic heterocycles. The number of aromatic nitrogens is 4. The SMILES string of the molecule is CCOc1cccc2c1CCC1(CCN(C(=N)SCc3nnn(C(C(=O)O)C(C)(C)C)n3)CC1)O2. The van der Waals surface area contributed by atoms with Crippen LogP contribution in [0.3, 0.4) is 0 Å². The van der Waals surface area contributed by atoms with Gasteiger partial charge in [-0.15, -0.1) is 15.0 Å². The maximum Gasteiger partial charge on any atom is 0.331 e. The lowest BCUT2D eigenvalue weighted by Crippen LogP contribution is -2.50. The summed E-state index contributed by atoms with van der Waals surface area (Å²) < 4.78 is 12.3. The van der Waals surface area contributed by atoms with Gasteiger partial charge in [-0.25, -0.2) is 4.79 Å². The number of nitrogens with zero attached hydrogens (tertiary/aromatic N) is 5. The monoisotopic (exact) mass is 502 g/mol. The first-order valence-corrected chi connectivity index (χ1v) is 13.0. The molecular weight excluding hydrogens is 468 g/mol. The Hall–Kier alpha value is -2.82. The number of aliphatic carboxylic acids is 1. The number of nitrogens with one attached hydrogen (secondary N) is 1. The first-order chi connectivity index (χ1) is 16.6. The van der Waals surface area contributed by atoms with E-state index in [1.807, 2.05) is 45.9 Å². The molecule has 1 aromatic carbocycles. The summed E-state index contributed by atoms with van der Waals surface area (Å²) in [4.78, 5) is 14.9. The lowest BCUT2D eigenvalue weighted by molar-refractivity contribution is -0.145. The predicted molar refractivity (Wildman–Crippen MR) is 133 cm³/mol. The minimum Gasteiger partial charge on any atom is -0.493 e. The van der Waals surface area contributed by atoms with Gasteiger partial charge in [0.05, 0.1) is 12.4 Å². The van der Waals surface area contributed by atoms with Gasteiger partial charge in [-0.1, -0.05) is 38.6 Å². The number of carbonyl (C=O) groups is 1. The topological polar surface area (TPSA) is 126 Å². The van der Waals surface area contributed by atoms with Gasteiger partial charge in [-0.3, -0.25) is 5.41 Å². The summed E-state index contributed by atoms with van der Waals surface area (Å²) in [5.74, 6) is 1.62. The molecule has 1 fully saturated rings. The standard InChI is InChI=1S/C24H34N6O4S/c1-5-33-17-7-6-8-18-16(17)9-10-24(34-18)11-13-29(14-12-24)22(25)35-15-19-26-28-30(27-19)20(21(31)32)23(2,3)4/h6-8,20,25H,5,9-15H2,1-4H3,(H,31,32). The van der Waals surface area contributed by atoms with E-state index in [1.54, 1.807) is 0 Å². The minimum absolute atomic E-state index is 0.192. The molecule has 190 valence electrons. The van der Waals surface area contributed by atoms with Gasteiger partial charge in [0.2, 0.25) is 0 Å². The Morgan fingerprint density at radius 1 is 1.31 bits per heavy atom. The number of hydrogen-bond acceptors (Lipinski definition) is 8. The van der Waals surface area contributed by atoms with E-state index < -0.39 is 17.4 Å². The number of thioether (sulfide) groups is 1. The third kappa shape index (κ3) is 5.55. The summed E-state index contributed by atoms with van der Waals surface area (Å²) in [7, 11) is 0. The minimum atomic E-state index is -0.995. The number of hydrogen-bond donors (Lipinski definition) is 2. The molecular formula is C24H34N6O4S. The zero-order valence-electron chi connectivity index (χ0n) is 20.8. The normalized spacial score (nSPS) is 18.0. The van der Waals surface area contributed by atoms with Gasteiger partial charge in [-0.05, 0) is 42.5 Å². The van der Waals surface area contributed by atoms with Gasteiger partial charge < -0.3 is 19.5 Å². The Bertz CT molecular complexity index is 1070. The Balaban J connectivity index is 1.31. The number of benzene rings is 1. The van der Waals surface area contributed by atoms with Crippen molar-refractivity contribution in [1.29, 1.82) is 5.41 Å². The van der Waals surface area contributed by atoms with Crippen LogP contribution in [0.25, 0.3) is 0 Å². The highest BCUT2D eigenvalue weighted by Gasteiger charge is 2.41. The molecule has 2 aliphatic rings. The molecule has 4 rings (SSSR count). The highest BCUT2D eigenvalue weighted by atomic mass is 32.2. The van der Waals surface area contributed by atoms with Crippen LogP contribution in [0.1, 0.15) is 64.4 Å². The largest absolute Gasteiger partial charge is 0.493 e. The average Bonchev–Trinajstić information content (AvgIpc) is 3.25. The molecule has 10 nitrogen and oxygen atoms in total. The molecule has 2 aliphatic heterocycles. The van der Waals surface area contributed by atoms with Gasteiger partial charge in [0.15, 0.2) is 17.0 Å². The highest BCUT2D eigenvalue weighted by Crippen LogP contribution is 2.43. The third-order valence-corrected chi connectivity index (χ3v) is 7.54. The summed E-state index contributed by atoms with van der Waals surface area (Å²) in [6.45, 7) is 9.61. The average molecular weight is 503 g/mol. The first-order valence-electron chi connectivity index (χ1n) is 12.0. The van der Waals surface area contributed by atoms with Crippen LogP contribution < -0.4 is 9.47 Å². The highest BCUT2D eigenvalue weighted by molar-refractivity contribution is 8.12. The molecule has 11 heteroatoms. The number of ether oxygens (including phenoxy) is 2.